The maximum absolute atomic E-state index is 13.5. The molecule has 2 rings (SSSR count). The average Bonchev–Trinajstić information content (AvgIpc) is 2.32. The Hall–Kier alpha value is -1.09. The van der Waals surface area contributed by atoms with E-state index < -0.39 is 6.10 Å². The summed E-state index contributed by atoms with van der Waals surface area (Å²) in [5.74, 6) is -0.332. The van der Waals surface area contributed by atoms with E-state index in [0.29, 0.717) is 21.2 Å². The van der Waals surface area contributed by atoms with Crippen molar-refractivity contribution in [2.45, 2.75) is 12.5 Å². The molecule has 1 nitrogen and oxygen atoms in total. The lowest BCUT2D eigenvalue weighted by Crippen LogP contribution is -2.04. The molecule has 0 radical (unpaired) electrons. The summed E-state index contributed by atoms with van der Waals surface area (Å²) >= 11 is 11.8. The summed E-state index contributed by atoms with van der Waals surface area (Å²) in [6, 6.07) is 11.2. The van der Waals surface area contributed by atoms with Gasteiger partial charge in [0.15, 0.2) is 0 Å². The van der Waals surface area contributed by atoms with Gasteiger partial charge in [-0.2, -0.15) is 0 Å². The second kappa shape index (κ2) is 5.70. The summed E-state index contributed by atoms with van der Waals surface area (Å²) in [7, 11) is 0. The van der Waals surface area contributed by atoms with E-state index in [0.717, 1.165) is 0 Å². The predicted octanol–water partition coefficient (Wildman–Crippen LogP) is 4.41. The van der Waals surface area contributed by atoms with E-state index in [-0.39, 0.29) is 12.2 Å². The van der Waals surface area contributed by atoms with Crippen LogP contribution in [0.25, 0.3) is 0 Å². The number of hydrogen-bond donors (Lipinski definition) is 1. The first-order valence-electron chi connectivity index (χ1n) is 5.44. The molecule has 2 aromatic carbocycles. The van der Waals surface area contributed by atoms with Gasteiger partial charge >= 0.3 is 0 Å². The molecule has 94 valence electrons. The van der Waals surface area contributed by atoms with E-state index in [1.807, 2.05) is 0 Å². The minimum atomic E-state index is -0.855. The molecule has 0 bridgehead atoms. The molecule has 1 unspecified atom stereocenters. The van der Waals surface area contributed by atoms with Crippen molar-refractivity contribution in [2.75, 3.05) is 0 Å². The minimum Gasteiger partial charge on any atom is -0.388 e. The van der Waals surface area contributed by atoms with Crippen LogP contribution >= 0.6 is 23.2 Å². The highest BCUT2D eigenvalue weighted by molar-refractivity contribution is 6.35. The van der Waals surface area contributed by atoms with Gasteiger partial charge in [0, 0.05) is 16.5 Å². The van der Waals surface area contributed by atoms with Gasteiger partial charge < -0.3 is 5.11 Å². The molecule has 1 atom stereocenters. The van der Waals surface area contributed by atoms with Crippen LogP contribution in [0.3, 0.4) is 0 Å². The Labute approximate surface area is 115 Å². The molecular formula is C14H11Cl2FO. The van der Waals surface area contributed by atoms with Crippen LogP contribution < -0.4 is 0 Å². The van der Waals surface area contributed by atoms with Gasteiger partial charge in [0.05, 0.1) is 6.10 Å². The van der Waals surface area contributed by atoms with Gasteiger partial charge in [0.1, 0.15) is 5.82 Å². The van der Waals surface area contributed by atoms with E-state index in [1.54, 1.807) is 36.4 Å². The number of aliphatic hydroxyl groups is 1. The van der Waals surface area contributed by atoms with E-state index in [2.05, 4.69) is 0 Å². The zero-order chi connectivity index (χ0) is 13.1. The molecule has 1 N–H and O–H groups in total. The van der Waals surface area contributed by atoms with Gasteiger partial charge in [-0.1, -0.05) is 47.5 Å². The molecule has 18 heavy (non-hydrogen) atoms. The monoisotopic (exact) mass is 284 g/mol. The van der Waals surface area contributed by atoms with Crippen molar-refractivity contribution in [3.05, 3.63) is 69.5 Å². The van der Waals surface area contributed by atoms with E-state index in [9.17, 15) is 9.50 Å². The van der Waals surface area contributed by atoms with Gasteiger partial charge in [-0.15, -0.1) is 0 Å². The molecule has 2 aromatic rings. The standard InChI is InChI=1S/C14H11Cl2FO/c15-10-5-6-11(12(16)8-10)14(18)7-9-3-1-2-4-13(9)17/h1-6,8,14,18H,7H2. The first kappa shape index (κ1) is 13.3. The molecular weight excluding hydrogens is 274 g/mol. The summed E-state index contributed by atoms with van der Waals surface area (Å²) in [5, 5.41) is 11.0. The lowest BCUT2D eigenvalue weighted by atomic mass is 10.0. The number of halogens is 3. The Balaban J connectivity index is 2.22. The zero-order valence-electron chi connectivity index (χ0n) is 9.41. The molecule has 0 saturated carbocycles. The van der Waals surface area contributed by atoms with E-state index in [1.165, 1.54) is 6.07 Å². The molecule has 0 aromatic heterocycles. The molecule has 4 heteroatoms. The first-order chi connectivity index (χ1) is 8.58. The van der Waals surface area contributed by atoms with Gasteiger partial charge in [-0.05, 0) is 29.3 Å². The van der Waals surface area contributed by atoms with Crippen LogP contribution in [0.5, 0.6) is 0 Å². The molecule has 0 aliphatic carbocycles. The summed E-state index contributed by atoms with van der Waals surface area (Å²) in [6.07, 6.45) is -0.680. The molecule has 0 aliphatic heterocycles. The number of aliphatic hydroxyl groups excluding tert-OH is 1. The third kappa shape index (κ3) is 3.02. The fraction of sp³-hybridized carbons (Fsp3) is 0.143. The fourth-order valence-electron chi connectivity index (χ4n) is 1.75. The van der Waals surface area contributed by atoms with E-state index in [4.69, 9.17) is 23.2 Å². The Morgan fingerprint density at radius 3 is 2.50 bits per heavy atom. The van der Waals surface area contributed by atoms with Crippen LogP contribution in [-0.2, 0) is 6.42 Å². The van der Waals surface area contributed by atoms with Crippen molar-refractivity contribution in [1.82, 2.24) is 0 Å². The normalized spacial score (nSPS) is 12.4. The summed E-state index contributed by atoms with van der Waals surface area (Å²) in [4.78, 5) is 0. The van der Waals surface area contributed by atoms with E-state index >= 15 is 0 Å². The molecule has 0 fully saturated rings. The highest BCUT2D eigenvalue weighted by Crippen LogP contribution is 2.28. The largest absolute Gasteiger partial charge is 0.388 e. The van der Waals surface area contributed by atoms with Crippen LogP contribution in [-0.4, -0.2) is 5.11 Å². The van der Waals surface area contributed by atoms with Crippen molar-refractivity contribution in [3.8, 4) is 0 Å². The third-order valence-electron chi connectivity index (χ3n) is 2.69. The molecule has 0 aliphatic rings. The van der Waals surface area contributed by atoms with Crippen molar-refractivity contribution < 1.29 is 9.50 Å². The number of rotatable bonds is 3. The SMILES string of the molecule is OC(Cc1ccccc1F)c1ccc(Cl)cc1Cl. The van der Waals surface area contributed by atoms with Gasteiger partial charge in [-0.25, -0.2) is 4.39 Å². The highest BCUT2D eigenvalue weighted by Gasteiger charge is 2.14. The lowest BCUT2D eigenvalue weighted by Gasteiger charge is -2.13. The second-order valence-corrected chi connectivity index (χ2v) is 4.82. The van der Waals surface area contributed by atoms with Crippen LogP contribution in [0.4, 0.5) is 4.39 Å². The average molecular weight is 285 g/mol. The van der Waals surface area contributed by atoms with Crippen molar-refractivity contribution in [3.63, 3.8) is 0 Å². The Morgan fingerprint density at radius 2 is 1.83 bits per heavy atom. The van der Waals surface area contributed by atoms with Crippen LogP contribution in [0, 0.1) is 5.82 Å². The predicted molar refractivity (Wildman–Crippen MR) is 71.5 cm³/mol. The molecule has 0 saturated heterocycles. The molecule has 0 amide bonds. The van der Waals surface area contributed by atoms with Crippen molar-refractivity contribution in [1.29, 1.82) is 0 Å². The third-order valence-corrected chi connectivity index (χ3v) is 3.26. The quantitative estimate of drug-likeness (QED) is 0.885. The zero-order valence-corrected chi connectivity index (χ0v) is 10.9. The fourth-order valence-corrected chi connectivity index (χ4v) is 2.29. The Kier molecular flexibility index (Phi) is 4.23. The van der Waals surface area contributed by atoms with Crippen LogP contribution in [0.15, 0.2) is 42.5 Å². The topological polar surface area (TPSA) is 20.2 Å². The summed E-state index contributed by atoms with van der Waals surface area (Å²) in [6.45, 7) is 0. The first-order valence-corrected chi connectivity index (χ1v) is 6.20. The number of hydrogen-bond acceptors (Lipinski definition) is 1. The highest BCUT2D eigenvalue weighted by atomic mass is 35.5. The minimum absolute atomic E-state index is 0.175. The van der Waals surface area contributed by atoms with Crippen molar-refractivity contribution in [2.24, 2.45) is 0 Å². The lowest BCUT2D eigenvalue weighted by molar-refractivity contribution is 0.177. The molecule has 0 heterocycles. The van der Waals surface area contributed by atoms with Crippen LogP contribution in [0.2, 0.25) is 10.0 Å². The van der Waals surface area contributed by atoms with Gasteiger partial charge in [-0.3, -0.25) is 0 Å². The second-order valence-electron chi connectivity index (χ2n) is 3.98. The Morgan fingerprint density at radius 1 is 1.11 bits per heavy atom. The summed E-state index contributed by atoms with van der Waals surface area (Å²) in [5.41, 5.74) is 1.00. The van der Waals surface area contributed by atoms with Gasteiger partial charge in [0.25, 0.3) is 0 Å². The molecule has 0 spiro atoms. The van der Waals surface area contributed by atoms with Crippen molar-refractivity contribution >= 4 is 23.2 Å². The number of benzene rings is 2. The smallest absolute Gasteiger partial charge is 0.126 e. The van der Waals surface area contributed by atoms with Gasteiger partial charge in [0.2, 0.25) is 0 Å². The Bertz CT molecular complexity index is 557. The maximum Gasteiger partial charge on any atom is 0.126 e. The van der Waals surface area contributed by atoms with Crippen LogP contribution in [0.1, 0.15) is 17.2 Å². The summed E-state index contributed by atoms with van der Waals surface area (Å²) < 4.78 is 13.5. The maximum atomic E-state index is 13.5.